The second kappa shape index (κ2) is 8.67. The largest absolute Gasteiger partial charge is 0.313 e. The van der Waals surface area contributed by atoms with E-state index in [1.54, 1.807) is 0 Å². The highest BCUT2D eigenvalue weighted by molar-refractivity contribution is 9.10. The van der Waals surface area contributed by atoms with Crippen LogP contribution in [0.3, 0.4) is 0 Å². The molecule has 0 aromatic heterocycles. The Hall–Kier alpha value is 0.300. The van der Waals surface area contributed by atoms with Crippen LogP contribution in [0, 0.1) is 0 Å². The van der Waals surface area contributed by atoms with Crippen LogP contribution < -0.4 is 5.32 Å². The van der Waals surface area contributed by atoms with E-state index in [1.165, 1.54) is 37.0 Å². The number of hydrogen-bond donors (Lipinski definition) is 1. The third-order valence-electron chi connectivity index (χ3n) is 3.81. The number of likely N-dealkylation sites (N-methyl/N-ethyl adjacent to an activating group) is 1. The summed E-state index contributed by atoms with van der Waals surface area (Å²) in [7, 11) is 0. The van der Waals surface area contributed by atoms with Gasteiger partial charge in [-0.3, -0.25) is 0 Å². The first-order chi connectivity index (χ1) is 9.69. The maximum absolute atomic E-state index is 6.34. The van der Waals surface area contributed by atoms with Gasteiger partial charge in [-0.1, -0.05) is 53.4 Å². The molecule has 0 saturated heterocycles. The van der Waals surface area contributed by atoms with Crippen molar-refractivity contribution in [2.75, 3.05) is 12.3 Å². The minimum absolute atomic E-state index is 0.518. The molecule has 112 valence electrons. The summed E-state index contributed by atoms with van der Waals surface area (Å²) in [6.45, 7) is 3.19. The second-order valence-corrected chi connectivity index (χ2v) is 8.09. The molecule has 1 aliphatic carbocycles. The van der Waals surface area contributed by atoms with Gasteiger partial charge in [-0.05, 0) is 43.5 Å². The summed E-state index contributed by atoms with van der Waals surface area (Å²) in [5, 5.41) is 5.36. The first kappa shape index (κ1) is 16.7. The van der Waals surface area contributed by atoms with E-state index in [4.69, 9.17) is 11.6 Å². The molecule has 1 aliphatic rings. The molecule has 4 heteroatoms. The molecule has 0 spiro atoms. The van der Waals surface area contributed by atoms with Crippen LogP contribution in [0.1, 0.15) is 38.2 Å². The number of thioether (sulfide) groups is 1. The van der Waals surface area contributed by atoms with Crippen molar-refractivity contribution in [1.82, 2.24) is 5.32 Å². The van der Waals surface area contributed by atoms with Gasteiger partial charge in [0.15, 0.2) is 0 Å². The first-order valence-corrected chi connectivity index (χ1v) is 9.70. The van der Waals surface area contributed by atoms with E-state index in [0.717, 1.165) is 27.7 Å². The van der Waals surface area contributed by atoms with Crippen LogP contribution in [0.5, 0.6) is 0 Å². The molecule has 0 radical (unpaired) electrons. The van der Waals surface area contributed by atoms with Crippen molar-refractivity contribution in [3.63, 3.8) is 0 Å². The lowest BCUT2D eigenvalue weighted by Gasteiger charge is -2.20. The van der Waals surface area contributed by atoms with Gasteiger partial charge in [0.2, 0.25) is 0 Å². The molecule has 0 aliphatic heterocycles. The summed E-state index contributed by atoms with van der Waals surface area (Å²) in [5.74, 6) is 1.19. The average Bonchev–Trinajstić information content (AvgIpc) is 2.92. The summed E-state index contributed by atoms with van der Waals surface area (Å²) in [6, 6.07) is 6.72. The molecule has 0 heterocycles. The zero-order valence-electron chi connectivity index (χ0n) is 12.0. The van der Waals surface area contributed by atoms with E-state index >= 15 is 0 Å². The van der Waals surface area contributed by atoms with E-state index < -0.39 is 0 Å². The van der Waals surface area contributed by atoms with Gasteiger partial charge in [0.25, 0.3) is 0 Å². The van der Waals surface area contributed by atoms with Gasteiger partial charge in [-0.2, -0.15) is 11.8 Å². The molecular weight excluding hydrogens is 354 g/mol. The summed E-state index contributed by atoms with van der Waals surface area (Å²) >= 11 is 11.9. The summed E-state index contributed by atoms with van der Waals surface area (Å²) in [6.07, 6.45) is 6.66. The van der Waals surface area contributed by atoms with E-state index in [2.05, 4.69) is 52.1 Å². The van der Waals surface area contributed by atoms with Gasteiger partial charge >= 0.3 is 0 Å². The highest BCUT2D eigenvalue weighted by Crippen LogP contribution is 2.30. The summed E-state index contributed by atoms with van der Waals surface area (Å²) in [4.78, 5) is 0. The zero-order valence-corrected chi connectivity index (χ0v) is 15.2. The topological polar surface area (TPSA) is 12.0 Å². The Balaban J connectivity index is 1.90. The van der Waals surface area contributed by atoms with Crippen molar-refractivity contribution >= 4 is 39.3 Å². The molecule has 1 atom stereocenters. The predicted molar refractivity (Wildman–Crippen MR) is 95.0 cm³/mol. The molecule has 0 bridgehead atoms. The Labute approximate surface area is 140 Å². The highest BCUT2D eigenvalue weighted by Gasteiger charge is 2.18. The molecule has 20 heavy (non-hydrogen) atoms. The Kier molecular flexibility index (Phi) is 7.23. The van der Waals surface area contributed by atoms with E-state index in [-0.39, 0.29) is 0 Å². The monoisotopic (exact) mass is 375 g/mol. The third-order valence-corrected chi connectivity index (χ3v) is 6.19. The van der Waals surface area contributed by atoms with Crippen LogP contribution in [0.25, 0.3) is 0 Å². The zero-order chi connectivity index (χ0) is 14.4. The third kappa shape index (κ3) is 5.25. The average molecular weight is 377 g/mol. The number of halogens is 2. The first-order valence-electron chi connectivity index (χ1n) is 7.48. The lowest BCUT2D eigenvalue weighted by atomic mass is 10.1. The van der Waals surface area contributed by atoms with Crippen LogP contribution in [-0.4, -0.2) is 23.6 Å². The van der Waals surface area contributed by atoms with Gasteiger partial charge in [0.1, 0.15) is 0 Å². The van der Waals surface area contributed by atoms with Gasteiger partial charge in [0.05, 0.1) is 0 Å². The molecule has 0 amide bonds. The molecule has 1 unspecified atom stereocenters. The van der Waals surface area contributed by atoms with Gasteiger partial charge < -0.3 is 5.32 Å². The van der Waals surface area contributed by atoms with Crippen molar-refractivity contribution in [1.29, 1.82) is 0 Å². The van der Waals surface area contributed by atoms with Crippen LogP contribution in [0.15, 0.2) is 22.7 Å². The smallest absolute Gasteiger partial charge is 0.0449 e. The maximum Gasteiger partial charge on any atom is 0.0449 e. The van der Waals surface area contributed by atoms with E-state index in [9.17, 15) is 0 Å². The second-order valence-electron chi connectivity index (χ2n) is 5.43. The van der Waals surface area contributed by atoms with E-state index in [1.807, 2.05) is 6.07 Å². The Morgan fingerprint density at radius 1 is 1.40 bits per heavy atom. The number of hydrogen-bond acceptors (Lipinski definition) is 2. The van der Waals surface area contributed by atoms with E-state index in [0.29, 0.717) is 6.04 Å². The number of rotatable bonds is 7. The van der Waals surface area contributed by atoms with Crippen molar-refractivity contribution in [3.8, 4) is 0 Å². The fourth-order valence-electron chi connectivity index (χ4n) is 2.74. The molecule has 2 rings (SSSR count). The quantitative estimate of drug-likeness (QED) is 0.693. The lowest BCUT2D eigenvalue weighted by molar-refractivity contribution is 0.572. The number of nitrogens with one attached hydrogen (secondary N) is 1. The highest BCUT2D eigenvalue weighted by atomic mass is 79.9. The predicted octanol–water partition coefficient (Wildman–Crippen LogP) is 5.30. The molecule has 1 fully saturated rings. The van der Waals surface area contributed by atoms with Crippen LogP contribution in [0.4, 0.5) is 0 Å². The molecule has 1 aromatic carbocycles. The Bertz CT molecular complexity index is 421. The molecule has 1 saturated carbocycles. The van der Waals surface area contributed by atoms with Gasteiger partial charge in [-0.25, -0.2) is 0 Å². The molecular formula is C16H23BrClNS. The molecule has 1 nitrogen and oxygen atoms in total. The Morgan fingerprint density at radius 3 is 2.80 bits per heavy atom. The fraction of sp³-hybridized carbons (Fsp3) is 0.625. The SMILES string of the molecule is CCNC(CSC1CCCC1)Cc1ccc(Br)cc1Cl. The van der Waals surface area contributed by atoms with Crippen molar-refractivity contribution in [2.45, 2.75) is 50.3 Å². The van der Waals surface area contributed by atoms with Crippen LogP contribution >= 0.6 is 39.3 Å². The Morgan fingerprint density at radius 2 is 2.15 bits per heavy atom. The minimum atomic E-state index is 0.518. The fourth-order valence-corrected chi connectivity index (χ4v) is 4.90. The minimum Gasteiger partial charge on any atom is -0.313 e. The van der Waals surface area contributed by atoms with Crippen LogP contribution in [-0.2, 0) is 6.42 Å². The van der Waals surface area contributed by atoms with Crippen molar-refractivity contribution < 1.29 is 0 Å². The summed E-state index contributed by atoms with van der Waals surface area (Å²) in [5.41, 5.74) is 1.24. The standard InChI is InChI=1S/C16H23BrClNS/c1-2-19-14(11-20-15-5-3-4-6-15)9-12-7-8-13(17)10-16(12)18/h7-8,10,14-15,19H,2-6,9,11H2,1H3. The van der Waals surface area contributed by atoms with Crippen LogP contribution in [0.2, 0.25) is 5.02 Å². The molecule has 1 aromatic rings. The number of benzene rings is 1. The summed E-state index contributed by atoms with van der Waals surface area (Å²) < 4.78 is 1.05. The lowest BCUT2D eigenvalue weighted by Crippen LogP contribution is -2.33. The maximum atomic E-state index is 6.34. The normalized spacial score (nSPS) is 17.6. The van der Waals surface area contributed by atoms with Gasteiger partial charge in [-0.15, -0.1) is 0 Å². The van der Waals surface area contributed by atoms with Crippen molar-refractivity contribution in [2.24, 2.45) is 0 Å². The molecule has 1 N–H and O–H groups in total. The van der Waals surface area contributed by atoms with Crippen molar-refractivity contribution in [3.05, 3.63) is 33.3 Å². The van der Waals surface area contributed by atoms with Gasteiger partial charge in [0, 0.05) is 26.5 Å².